The number of nitrogens with one attached hydrogen (secondary N) is 1. The van der Waals surface area contributed by atoms with Crippen LogP contribution < -0.4 is 5.32 Å². The van der Waals surface area contributed by atoms with Crippen molar-refractivity contribution in [2.45, 2.75) is 57.4 Å². The first-order valence-corrected chi connectivity index (χ1v) is 9.70. The first-order chi connectivity index (χ1) is 13.5. The van der Waals surface area contributed by atoms with Crippen LogP contribution in [0.2, 0.25) is 0 Å². The van der Waals surface area contributed by atoms with Crippen LogP contribution in [0.3, 0.4) is 0 Å². The van der Waals surface area contributed by atoms with Gasteiger partial charge in [0.2, 0.25) is 0 Å². The molecule has 0 aromatic heterocycles. The highest BCUT2D eigenvalue weighted by molar-refractivity contribution is 8.00. The van der Waals surface area contributed by atoms with Crippen LogP contribution in [0.4, 0.5) is 0 Å². The van der Waals surface area contributed by atoms with Crippen LogP contribution in [0.25, 0.3) is 0 Å². The molecule has 0 aliphatic carbocycles. The zero-order valence-corrected chi connectivity index (χ0v) is 17.6. The monoisotopic (exact) mass is 435 g/mol. The highest BCUT2D eigenvalue weighted by Crippen LogP contribution is 2.29. The molecule has 0 radical (unpaired) electrons. The first-order valence-electron chi connectivity index (χ1n) is 8.65. The van der Waals surface area contributed by atoms with E-state index in [0.29, 0.717) is 5.75 Å². The molecule has 1 saturated heterocycles. The van der Waals surface area contributed by atoms with Crippen molar-refractivity contribution in [2.24, 2.45) is 0 Å². The van der Waals surface area contributed by atoms with E-state index in [-0.39, 0.29) is 0 Å². The number of esters is 5. The fraction of sp³-hybridized carbons (Fsp3) is 0.706. The molecule has 12 heteroatoms. The van der Waals surface area contributed by atoms with Crippen LogP contribution in [0.5, 0.6) is 0 Å². The van der Waals surface area contributed by atoms with Gasteiger partial charge in [0.15, 0.2) is 18.3 Å². The van der Waals surface area contributed by atoms with Gasteiger partial charge >= 0.3 is 29.8 Å². The van der Waals surface area contributed by atoms with Crippen LogP contribution in [-0.4, -0.2) is 79.0 Å². The second-order valence-electron chi connectivity index (χ2n) is 6.09. The van der Waals surface area contributed by atoms with Gasteiger partial charge in [0.25, 0.3) is 0 Å². The maximum atomic E-state index is 11.8. The molecule has 1 heterocycles. The Bertz CT molecular complexity index is 640. The smallest absolute Gasteiger partial charge is 0.323 e. The van der Waals surface area contributed by atoms with Crippen LogP contribution in [-0.2, 0) is 47.7 Å². The summed E-state index contributed by atoms with van der Waals surface area (Å²) in [4.78, 5) is 57.9. The van der Waals surface area contributed by atoms with Gasteiger partial charge in [-0.15, -0.1) is 11.8 Å². The van der Waals surface area contributed by atoms with E-state index in [2.05, 4.69) is 5.32 Å². The summed E-state index contributed by atoms with van der Waals surface area (Å²) in [7, 11) is 1.24. The van der Waals surface area contributed by atoms with Gasteiger partial charge in [-0.1, -0.05) is 0 Å². The van der Waals surface area contributed by atoms with Gasteiger partial charge in [-0.2, -0.15) is 0 Å². The molecule has 1 rings (SSSR count). The molecular weight excluding hydrogens is 410 g/mol. The number of rotatable bonds is 9. The van der Waals surface area contributed by atoms with Crippen molar-refractivity contribution in [2.75, 3.05) is 19.5 Å². The topological polar surface area (TPSA) is 144 Å². The number of thioether (sulfide) groups is 1. The number of ether oxygens (including phenoxy) is 5. The summed E-state index contributed by atoms with van der Waals surface area (Å²) >= 11 is 1.23. The molecule has 1 N–H and O–H groups in total. The zero-order chi connectivity index (χ0) is 22.1. The van der Waals surface area contributed by atoms with Gasteiger partial charge in [0.1, 0.15) is 12.6 Å². The van der Waals surface area contributed by atoms with Crippen molar-refractivity contribution in [1.82, 2.24) is 5.32 Å². The molecule has 29 heavy (non-hydrogen) atoms. The molecule has 1 aliphatic heterocycles. The average molecular weight is 435 g/mol. The summed E-state index contributed by atoms with van der Waals surface area (Å²) in [5.74, 6) is -3.00. The van der Waals surface area contributed by atoms with Crippen LogP contribution in [0, 0.1) is 0 Å². The second-order valence-corrected chi connectivity index (χ2v) is 7.27. The molecule has 11 nitrogen and oxygen atoms in total. The van der Waals surface area contributed by atoms with E-state index in [0.717, 1.165) is 27.7 Å². The van der Waals surface area contributed by atoms with E-state index in [4.69, 9.17) is 23.7 Å². The van der Waals surface area contributed by atoms with E-state index in [9.17, 15) is 24.0 Å². The Balaban J connectivity index is 3.20. The highest BCUT2D eigenvalue weighted by atomic mass is 32.2. The molecule has 164 valence electrons. The maximum absolute atomic E-state index is 11.8. The molecule has 2 unspecified atom stereocenters. The lowest BCUT2D eigenvalue weighted by atomic mass is 10.1. The quantitative estimate of drug-likeness (QED) is 0.370. The number of carbonyl (C=O) groups excluding carboxylic acids is 5. The molecule has 0 aromatic rings. The van der Waals surface area contributed by atoms with E-state index in [1.165, 1.54) is 18.9 Å². The Kier molecular flexibility index (Phi) is 9.89. The lowest BCUT2D eigenvalue weighted by Gasteiger charge is -2.34. The third kappa shape index (κ3) is 8.28. The van der Waals surface area contributed by atoms with E-state index >= 15 is 0 Å². The van der Waals surface area contributed by atoms with Crippen LogP contribution in [0.15, 0.2) is 0 Å². The number of hydrogen-bond donors (Lipinski definition) is 1. The Morgan fingerprint density at radius 1 is 0.931 bits per heavy atom. The summed E-state index contributed by atoms with van der Waals surface area (Å²) < 4.78 is 25.4. The third-order valence-corrected chi connectivity index (χ3v) is 4.94. The van der Waals surface area contributed by atoms with Crippen molar-refractivity contribution in [3.05, 3.63) is 0 Å². The van der Waals surface area contributed by atoms with Gasteiger partial charge in [0.05, 0.1) is 12.5 Å². The van der Waals surface area contributed by atoms with Gasteiger partial charge in [-0.05, 0) is 0 Å². The molecule has 0 amide bonds. The van der Waals surface area contributed by atoms with Gasteiger partial charge in [-0.3, -0.25) is 29.3 Å². The van der Waals surface area contributed by atoms with E-state index in [1.807, 2.05) is 0 Å². The highest BCUT2D eigenvalue weighted by Gasteiger charge is 2.46. The lowest BCUT2D eigenvalue weighted by Crippen LogP contribution is -2.55. The largest absolute Gasteiger partial charge is 0.468 e. The summed E-state index contributed by atoms with van der Waals surface area (Å²) in [6.07, 6.45) is -3.71. The second kappa shape index (κ2) is 11.6. The normalized spacial score (nSPS) is 21.3. The Hall–Kier alpha value is -2.34. The lowest BCUT2D eigenvalue weighted by molar-refractivity contribution is -0.189. The molecule has 0 spiro atoms. The summed E-state index contributed by atoms with van der Waals surface area (Å²) in [6, 6.07) is -0.674. The van der Waals surface area contributed by atoms with Gasteiger partial charge < -0.3 is 23.7 Å². The predicted octanol–water partition coefficient (Wildman–Crippen LogP) is -0.451. The minimum absolute atomic E-state index is 0.310. The van der Waals surface area contributed by atoms with Crippen molar-refractivity contribution < 1.29 is 47.7 Å². The Morgan fingerprint density at radius 2 is 1.52 bits per heavy atom. The number of methoxy groups -OCH3 is 1. The van der Waals surface area contributed by atoms with E-state index in [1.54, 1.807) is 0 Å². The third-order valence-electron chi connectivity index (χ3n) is 3.65. The standard InChI is InChI=1S/C17H25NO10S/c1-8(19)25-6-13(26-9(2)20)14(27-10(3)21)15(28-11(4)22)16-18-12(7-29-16)17(23)24-5/h12-16,18H,6-7H2,1-5H3/t12-,13+,14+,15?,16?/m0/s1. The average Bonchev–Trinajstić information content (AvgIpc) is 3.10. The first kappa shape index (κ1) is 24.7. The zero-order valence-electron chi connectivity index (χ0n) is 16.8. The Labute approximate surface area is 172 Å². The molecule has 1 fully saturated rings. The fourth-order valence-corrected chi connectivity index (χ4v) is 3.90. The van der Waals surface area contributed by atoms with Crippen molar-refractivity contribution in [3.63, 3.8) is 0 Å². The minimum Gasteiger partial charge on any atom is -0.468 e. The summed E-state index contributed by atoms with van der Waals surface area (Å²) in [6.45, 7) is 4.14. The minimum atomic E-state index is -1.30. The van der Waals surface area contributed by atoms with Gasteiger partial charge in [0, 0.05) is 33.4 Å². The van der Waals surface area contributed by atoms with E-state index < -0.39 is 66.2 Å². The van der Waals surface area contributed by atoms with Crippen molar-refractivity contribution in [1.29, 1.82) is 0 Å². The number of carbonyl (C=O) groups is 5. The fourth-order valence-electron chi connectivity index (χ4n) is 2.61. The van der Waals surface area contributed by atoms with Gasteiger partial charge in [-0.25, -0.2) is 0 Å². The van der Waals surface area contributed by atoms with Crippen LogP contribution >= 0.6 is 11.8 Å². The van der Waals surface area contributed by atoms with Crippen molar-refractivity contribution >= 4 is 41.6 Å². The maximum Gasteiger partial charge on any atom is 0.323 e. The molecule has 1 aliphatic rings. The molecule has 5 atom stereocenters. The molecular formula is C17H25NO10S. The molecule has 0 aromatic carbocycles. The summed E-state index contributed by atoms with van der Waals surface area (Å²) in [5, 5.41) is 2.25. The predicted molar refractivity (Wildman–Crippen MR) is 98.5 cm³/mol. The molecule has 0 saturated carbocycles. The summed E-state index contributed by atoms with van der Waals surface area (Å²) in [5.41, 5.74) is 0. The number of hydrogen-bond acceptors (Lipinski definition) is 12. The van der Waals surface area contributed by atoms with Crippen molar-refractivity contribution in [3.8, 4) is 0 Å². The van der Waals surface area contributed by atoms with Crippen LogP contribution in [0.1, 0.15) is 27.7 Å². The SMILES string of the molecule is COC(=O)[C@@H]1CSC(C(OC(C)=O)[C@H](OC(C)=O)[C@@H](COC(C)=O)OC(C)=O)N1. The Morgan fingerprint density at radius 3 is 2.00 bits per heavy atom. The molecule has 0 bridgehead atoms.